The maximum Gasteiger partial charge on any atom is 0.251 e. The normalized spacial score (nSPS) is 10.8. The van der Waals surface area contributed by atoms with Crippen LogP contribution in [-0.2, 0) is 14.8 Å². The predicted octanol–water partition coefficient (Wildman–Crippen LogP) is 0.314. The SMILES string of the molecule is CCC(=O)NCCNC(=O)c1ccc(NS(C)(=O)=O)cc1. The highest BCUT2D eigenvalue weighted by molar-refractivity contribution is 7.92. The minimum Gasteiger partial charge on any atom is -0.354 e. The van der Waals surface area contributed by atoms with Crippen molar-refractivity contribution in [1.82, 2.24) is 10.6 Å². The summed E-state index contributed by atoms with van der Waals surface area (Å²) in [5, 5.41) is 5.30. The molecule has 1 aromatic carbocycles. The van der Waals surface area contributed by atoms with Gasteiger partial charge >= 0.3 is 0 Å². The minimum absolute atomic E-state index is 0.0690. The summed E-state index contributed by atoms with van der Waals surface area (Å²) in [5.41, 5.74) is 0.806. The number of hydrogen-bond donors (Lipinski definition) is 3. The molecule has 0 aromatic heterocycles. The molecule has 1 aromatic rings. The third kappa shape index (κ3) is 6.75. The van der Waals surface area contributed by atoms with Gasteiger partial charge in [-0.25, -0.2) is 8.42 Å². The van der Waals surface area contributed by atoms with Gasteiger partial charge in [0.1, 0.15) is 0 Å². The fourth-order valence-corrected chi connectivity index (χ4v) is 2.07. The molecule has 0 unspecified atom stereocenters. The molecule has 0 heterocycles. The van der Waals surface area contributed by atoms with Crippen LogP contribution in [0.2, 0.25) is 0 Å². The van der Waals surface area contributed by atoms with Crippen molar-refractivity contribution in [2.45, 2.75) is 13.3 Å². The number of benzene rings is 1. The molecule has 116 valence electrons. The van der Waals surface area contributed by atoms with Crippen LogP contribution in [0.25, 0.3) is 0 Å². The van der Waals surface area contributed by atoms with Crippen molar-refractivity contribution >= 4 is 27.5 Å². The van der Waals surface area contributed by atoms with Gasteiger partial charge in [0, 0.05) is 30.8 Å². The number of carbonyl (C=O) groups excluding carboxylic acids is 2. The van der Waals surface area contributed by atoms with E-state index in [1.165, 1.54) is 24.3 Å². The van der Waals surface area contributed by atoms with Gasteiger partial charge in [-0.2, -0.15) is 0 Å². The fourth-order valence-electron chi connectivity index (χ4n) is 1.51. The van der Waals surface area contributed by atoms with Crippen LogP contribution in [0, 0.1) is 0 Å². The van der Waals surface area contributed by atoms with E-state index < -0.39 is 10.0 Å². The van der Waals surface area contributed by atoms with Crippen LogP contribution in [0.5, 0.6) is 0 Å². The van der Waals surface area contributed by atoms with E-state index in [-0.39, 0.29) is 11.8 Å². The molecule has 0 radical (unpaired) electrons. The number of amides is 2. The van der Waals surface area contributed by atoms with E-state index in [4.69, 9.17) is 0 Å². The second-order valence-electron chi connectivity index (χ2n) is 4.41. The molecule has 0 bridgehead atoms. The third-order valence-corrected chi connectivity index (χ3v) is 3.11. The maximum atomic E-state index is 11.8. The van der Waals surface area contributed by atoms with Crippen molar-refractivity contribution in [3.8, 4) is 0 Å². The number of sulfonamides is 1. The Morgan fingerprint density at radius 3 is 2.14 bits per heavy atom. The minimum atomic E-state index is -3.33. The summed E-state index contributed by atoms with van der Waals surface area (Å²) < 4.78 is 24.4. The lowest BCUT2D eigenvalue weighted by Crippen LogP contribution is -2.34. The van der Waals surface area contributed by atoms with Gasteiger partial charge in [0.2, 0.25) is 15.9 Å². The molecular weight excluding hydrogens is 294 g/mol. The average Bonchev–Trinajstić information content (AvgIpc) is 2.42. The van der Waals surface area contributed by atoms with Gasteiger partial charge in [-0.05, 0) is 24.3 Å². The topological polar surface area (TPSA) is 104 Å². The molecule has 7 nitrogen and oxygen atoms in total. The molecule has 0 spiro atoms. The van der Waals surface area contributed by atoms with E-state index in [1.54, 1.807) is 6.92 Å². The van der Waals surface area contributed by atoms with Crippen molar-refractivity contribution in [3.05, 3.63) is 29.8 Å². The van der Waals surface area contributed by atoms with Crippen molar-refractivity contribution in [1.29, 1.82) is 0 Å². The molecular formula is C13H19N3O4S. The van der Waals surface area contributed by atoms with Crippen LogP contribution in [-0.4, -0.2) is 39.6 Å². The Morgan fingerprint density at radius 2 is 1.62 bits per heavy atom. The lowest BCUT2D eigenvalue weighted by atomic mass is 10.2. The maximum absolute atomic E-state index is 11.8. The first-order valence-electron chi connectivity index (χ1n) is 6.44. The van der Waals surface area contributed by atoms with E-state index in [1.807, 2.05) is 0 Å². The van der Waals surface area contributed by atoms with Crippen molar-refractivity contribution in [2.75, 3.05) is 24.1 Å². The molecule has 0 fully saturated rings. The largest absolute Gasteiger partial charge is 0.354 e. The smallest absolute Gasteiger partial charge is 0.251 e. The van der Waals surface area contributed by atoms with Crippen LogP contribution in [0.15, 0.2) is 24.3 Å². The first-order valence-corrected chi connectivity index (χ1v) is 8.33. The van der Waals surface area contributed by atoms with E-state index >= 15 is 0 Å². The molecule has 3 N–H and O–H groups in total. The summed E-state index contributed by atoms with van der Waals surface area (Å²) in [6.45, 7) is 2.44. The quantitative estimate of drug-likeness (QED) is 0.630. The van der Waals surface area contributed by atoms with E-state index in [0.29, 0.717) is 30.8 Å². The highest BCUT2D eigenvalue weighted by atomic mass is 32.2. The molecule has 0 saturated heterocycles. The zero-order valence-corrected chi connectivity index (χ0v) is 12.8. The van der Waals surface area contributed by atoms with Crippen molar-refractivity contribution < 1.29 is 18.0 Å². The van der Waals surface area contributed by atoms with Gasteiger partial charge in [0.05, 0.1) is 6.26 Å². The fraction of sp³-hybridized carbons (Fsp3) is 0.385. The van der Waals surface area contributed by atoms with Gasteiger partial charge in [-0.1, -0.05) is 6.92 Å². The van der Waals surface area contributed by atoms with Gasteiger partial charge in [-0.3, -0.25) is 14.3 Å². The summed E-state index contributed by atoms with van der Waals surface area (Å²) >= 11 is 0. The van der Waals surface area contributed by atoms with Gasteiger partial charge in [0.15, 0.2) is 0 Å². The van der Waals surface area contributed by atoms with Crippen LogP contribution < -0.4 is 15.4 Å². The zero-order valence-electron chi connectivity index (χ0n) is 12.0. The monoisotopic (exact) mass is 313 g/mol. The standard InChI is InChI=1S/C13H19N3O4S/c1-3-12(17)14-8-9-15-13(18)10-4-6-11(7-5-10)16-21(2,19)20/h4-7,16H,3,8-9H2,1-2H3,(H,14,17)(H,15,18). The van der Waals surface area contributed by atoms with Gasteiger partial charge in [-0.15, -0.1) is 0 Å². The Morgan fingerprint density at radius 1 is 1.05 bits per heavy atom. The molecule has 0 aliphatic carbocycles. The number of hydrogen-bond acceptors (Lipinski definition) is 4. The van der Waals surface area contributed by atoms with Crippen LogP contribution in [0.4, 0.5) is 5.69 Å². The van der Waals surface area contributed by atoms with E-state index in [2.05, 4.69) is 15.4 Å². The Labute approximate surface area is 124 Å². The molecule has 2 amide bonds. The highest BCUT2D eigenvalue weighted by Gasteiger charge is 2.06. The van der Waals surface area contributed by atoms with E-state index in [0.717, 1.165) is 6.26 Å². The van der Waals surface area contributed by atoms with Crippen LogP contribution in [0.1, 0.15) is 23.7 Å². The van der Waals surface area contributed by atoms with Crippen LogP contribution in [0.3, 0.4) is 0 Å². The molecule has 1 rings (SSSR count). The van der Waals surface area contributed by atoms with E-state index in [9.17, 15) is 18.0 Å². The molecule has 21 heavy (non-hydrogen) atoms. The number of carbonyl (C=O) groups is 2. The first-order chi connectivity index (χ1) is 9.81. The predicted molar refractivity (Wildman–Crippen MR) is 80.5 cm³/mol. The van der Waals surface area contributed by atoms with Gasteiger partial charge < -0.3 is 10.6 Å². The molecule has 0 aliphatic heterocycles. The number of anilines is 1. The summed E-state index contributed by atoms with van der Waals surface area (Å²) in [4.78, 5) is 22.8. The number of rotatable bonds is 7. The Kier molecular flexibility index (Phi) is 6.16. The van der Waals surface area contributed by atoms with Crippen LogP contribution >= 0.6 is 0 Å². The van der Waals surface area contributed by atoms with Gasteiger partial charge in [0.25, 0.3) is 5.91 Å². The average molecular weight is 313 g/mol. The highest BCUT2D eigenvalue weighted by Crippen LogP contribution is 2.10. The second-order valence-corrected chi connectivity index (χ2v) is 6.16. The summed E-state index contributed by atoms with van der Waals surface area (Å²) in [5.74, 6) is -0.355. The number of nitrogens with one attached hydrogen (secondary N) is 3. The van der Waals surface area contributed by atoms with Crippen molar-refractivity contribution in [2.24, 2.45) is 0 Å². The molecule has 0 saturated carbocycles. The Bertz CT molecular complexity index is 596. The zero-order chi connectivity index (χ0) is 15.9. The summed E-state index contributed by atoms with van der Waals surface area (Å²) in [6, 6.07) is 6.06. The summed E-state index contributed by atoms with van der Waals surface area (Å²) in [7, 11) is -3.33. The molecule has 0 atom stereocenters. The molecule has 8 heteroatoms. The Hall–Kier alpha value is -2.09. The van der Waals surface area contributed by atoms with Crippen molar-refractivity contribution in [3.63, 3.8) is 0 Å². The third-order valence-electron chi connectivity index (χ3n) is 2.50. The lowest BCUT2D eigenvalue weighted by molar-refractivity contribution is -0.120. The lowest BCUT2D eigenvalue weighted by Gasteiger charge is -2.07. The second kappa shape index (κ2) is 7.63. The first kappa shape index (κ1) is 17.0. The summed E-state index contributed by atoms with van der Waals surface area (Å²) in [6.07, 6.45) is 1.46. The molecule has 0 aliphatic rings. The Balaban J connectivity index is 2.46.